The van der Waals surface area contributed by atoms with E-state index in [1.54, 1.807) is 18.2 Å². The van der Waals surface area contributed by atoms with Gasteiger partial charge >= 0.3 is 0 Å². The number of fused-ring (bicyclic) bond motifs is 2. The highest BCUT2D eigenvalue weighted by Crippen LogP contribution is 2.34. The molecule has 1 aliphatic heterocycles. The highest BCUT2D eigenvalue weighted by Gasteiger charge is 2.47. The summed E-state index contributed by atoms with van der Waals surface area (Å²) in [6, 6.07) is 5.32. The number of nitrogens with zero attached hydrogens (tertiary/aromatic N) is 7. The van der Waals surface area contributed by atoms with Crippen LogP contribution < -0.4 is 10.1 Å². The van der Waals surface area contributed by atoms with Gasteiger partial charge in [0.15, 0.2) is 0 Å². The van der Waals surface area contributed by atoms with Crippen molar-refractivity contribution < 1.29 is 27.7 Å². The van der Waals surface area contributed by atoms with Crippen molar-refractivity contribution in [2.45, 2.75) is 24.9 Å². The maximum atomic E-state index is 14.8. The number of nitrogens with one attached hydrogen (secondary N) is 1. The number of aryl methyl sites for hydroxylation is 1. The van der Waals surface area contributed by atoms with E-state index in [1.807, 2.05) is 0 Å². The number of ether oxygens (including phenoxy) is 1. The molecular formula is C21H23F3N8O3S. The number of rotatable bonds is 7. The van der Waals surface area contributed by atoms with Gasteiger partial charge in [0.05, 0.1) is 39.4 Å². The number of alkyl halides is 3. The molecule has 192 valence electrons. The second kappa shape index (κ2) is 8.89. The molecular weight excluding hydrogens is 501 g/mol. The van der Waals surface area contributed by atoms with Crippen molar-refractivity contribution >= 4 is 32.5 Å². The number of methoxy groups -OCH3 is 1. The first kappa shape index (κ1) is 23.0. The predicted octanol–water partition coefficient (Wildman–Crippen LogP) is 2.20. The number of anilines is 1. The van der Waals surface area contributed by atoms with Crippen LogP contribution in [-0.4, -0.2) is 87.4 Å². The molecule has 0 spiro atoms. The molecule has 0 radical (unpaired) electrons. The van der Waals surface area contributed by atoms with Crippen LogP contribution >= 0.6 is 0 Å². The van der Waals surface area contributed by atoms with E-state index in [0.29, 0.717) is 27.7 Å². The molecule has 36 heavy (non-hydrogen) atoms. The molecule has 1 N–H and O–H groups in total. The van der Waals surface area contributed by atoms with Crippen molar-refractivity contribution in [3.8, 4) is 17.0 Å². The fraction of sp³-hybridized carbons (Fsp3) is 0.429. The zero-order valence-electron chi connectivity index (χ0n) is 20.3. The van der Waals surface area contributed by atoms with Crippen LogP contribution in [0.2, 0.25) is 0 Å². The van der Waals surface area contributed by atoms with Crippen LogP contribution in [0.15, 0.2) is 30.4 Å². The van der Waals surface area contributed by atoms with E-state index < -0.39 is 35.2 Å². The Morgan fingerprint density at radius 2 is 2.14 bits per heavy atom. The average molecular weight is 526 g/mol. The third-order valence-electron chi connectivity index (χ3n) is 6.05. The van der Waals surface area contributed by atoms with Gasteiger partial charge < -0.3 is 10.1 Å². The number of sulfonamides is 1. The maximum absolute atomic E-state index is 14.8. The van der Waals surface area contributed by atoms with Gasteiger partial charge in [-0.1, -0.05) is 11.3 Å². The first-order valence-electron chi connectivity index (χ1n) is 11.5. The van der Waals surface area contributed by atoms with Crippen LogP contribution in [0.4, 0.5) is 19.1 Å². The second-order valence-corrected chi connectivity index (χ2v) is 10.4. The van der Waals surface area contributed by atoms with Crippen LogP contribution in [0, 0.1) is 0 Å². The van der Waals surface area contributed by atoms with Crippen LogP contribution in [0.3, 0.4) is 0 Å². The van der Waals surface area contributed by atoms with Crippen molar-refractivity contribution in [3.05, 3.63) is 30.4 Å². The lowest BCUT2D eigenvalue weighted by Gasteiger charge is -2.37. The Kier molecular flexibility index (Phi) is 5.67. The number of aromatic nitrogens is 6. The number of hydrogen-bond acceptors (Lipinski definition) is 8. The normalized spacial score (nSPS) is 19.0. The Bertz CT molecular complexity index is 1590. The summed E-state index contributed by atoms with van der Waals surface area (Å²) >= 11 is 0. The Morgan fingerprint density at radius 1 is 1.33 bits per heavy atom. The zero-order chi connectivity index (χ0) is 26.5. The summed E-state index contributed by atoms with van der Waals surface area (Å²) in [5.41, 5.74) is 2.69. The van der Waals surface area contributed by atoms with E-state index in [1.165, 1.54) is 22.4 Å². The standard InChI is InChI=1S/C21H23F3N8O3S/c1-35-19-18-14(13-3-4-15-16(11-13)31(10-7-22)29-27-15)5-9-32(18)28-20(26-19)25-17-6-8-30(36(2,33)34)12-21(17,23)24/h3-5,9,11,17H,6-8,10,12H2,1-2H3,(H,25,28)/t17-/m1/s1/i9D. The van der Waals surface area contributed by atoms with Crippen molar-refractivity contribution in [1.82, 2.24) is 33.9 Å². The van der Waals surface area contributed by atoms with Crippen LogP contribution in [0.5, 0.6) is 5.88 Å². The fourth-order valence-electron chi connectivity index (χ4n) is 4.25. The van der Waals surface area contributed by atoms with E-state index in [2.05, 4.69) is 25.7 Å². The lowest BCUT2D eigenvalue weighted by atomic mass is 10.0. The molecule has 0 amide bonds. The number of halogens is 3. The molecule has 4 heterocycles. The van der Waals surface area contributed by atoms with Crippen molar-refractivity contribution in [2.75, 3.05) is 38.4 Å². The van der Waals surface area contributed by atoms with Gasteiger partial charge in [-0.05, 0) is 30.2 Å². The van der Waals surface area contributed by atoms with Crippen molar-refractivity contribution in [3.63, 3.8) is 0 Å². The molecule has 0 aliphatic carbocycles. The average Bonchev–Trinajstić information content (AvgIpc) is 3.40. The lowest BCUT2D eigenvalue weighted by Crippen LogP contribution is -2.55. The molecule has 1 atom stereocenters. The van der Waals surface area contributed by atoms with Crippen molar-refractivity contribution in [2.24, 2.45) is 0 Å². The molecule has 3 aromatic heterocycles. The predicted molar refractivity (Wildman–Crippen MR) is 125 cm³/mol. The third-order valence-corrected chi connectivity index (χ3v) is 7.30. The Labute approximate surface area is 205 Å². The zero-order valence-corrected chi connectivity index (χ0v) is 20.1. The summed E-state index contributed by atoms with van der Waals surface area (Å²) in [6.07, 6.45) is 0.666. The minimum absolute atomic E-state index is 0.0371. The minimum Gasteiger partial charge on any atom is -0.479 e. The summed E-state index contributed by atoms with van der Waals surface area (Å²) in [5, 5.41) is 14.8. The number of piperidine rings is 1. The van der Waals surface area contributed by atoms with Crippen molar-refractivity contribution in [1.29, 1.82) is 0 Å². The monoisotopic (exact) mass is 525 g/mol. The van der Waals surface area contributed by atoms with Gasteiger partial charge in [-0.2, -0.15) is 9.29 Å². The molecule has 0 unspecified atom stereocenters. The molecule has 0 saturated carbocycles. The van der Waals surface area contributed by atoms with Gasteiger partial charge in [0.2, 0.25) is 21.9 Å². The first-order chi connectivity index (χ1) is 17.5. The number of benzene rings is 1. The molecule has 1 aromatic carbocycles. The van der Waals surface area contributed by atoms with E-state index in [9.17, 15) is 21.6 Å². The van der Waals surface area contributed by atoms with Gasteiger partial charge in [-0.25, -0.2) is 30.8 Å². The van der Waals surface area contributed by atoms with Crippen LogP contribution in [0.25, 0.3) is 27.7 Å². The van der Waals surface area contributed by atoms with E-state index in [0.717, 1.165) is 10.6 Å². The molecule has 1 saturated heterocycles. The van der Waals surface area contributed by atoms with E-state index >= 15 is 0 Å². The van der Waals surface area contributed by atoms with Crippen LogP contribution in [-0.2, 0) is 16.6 Å². The van der Waals surface area contributed by atoms with Gasteiger partial charge in [0.25, 0.3) is 5.92 Å². The fourth-order valence-corrected chi connectivity index (χ4v) is 5.09. The highest BCUT2D eigenvalue weighted by molar-refractivity contribution is 7.88. The second-order valence-electron chi connectivity index (χ2n) is 8.44. The molecule has 1 fully saturated rings. The van der Waals surface area contributed by atoms with E-state index in [4.69, 9.17) is 6.11 Å². The van der Waals surface area contributed by atoms with Gasteiger partial charge in [0.1, 0.15) is 17.7 Å². The molecule has 15 heteroatoms. The highest BCUT2D eigenvalue weighted by atomic mass is 32.2. The summed E-state index contributed by atoms with van der Waals surface area (Å²) in [5.74, 6) is -3.54. The topological polar surface area (TPSA) is 120 Å². The Morgan fingerprint density at radius 3 is 2.83 bits per heavy atom. The van der Waals surface area contributed by atoms with Crippen LogP contribution in [0.1, 0.15) is 7.79 Å². The first-order valence-corrected chi connectivity index (χ1v) is 12.8. The molecule has 4 aromatic rings. The van der Waals surface area contributed by atoms with Gasteiger partial charge in [0, 0.05) is 18.3 Å². The maximum Gasteiger partial charge on any atom is 0.281 e. The Balaban J connectivity index is 1.52. The summed E-state index contributed by atoms with van der Waals surface area (Å²) < 4.78 is 83.2. The van der Waals surface area contributed by atoms with E-state index in [-0.39, 0.29) is 37.5 Å². The minimum atomic E-state index is -3.76. The molecule has 0 bridgehead atoms. The molecule has 5 rings (SSSR count). The summed E-state index contributed by atoms with van der Waals surface area (Å²) in [7, 11) is -2.40. The summed E-state index contributed by atoms with van der Waals surface area (Å²) in [6.45, 7) is -1.62. The quantitative estimate of drug-likeness (QED) is 0.390. The molecule has 1 aliphatic rings. The Hall–Kier alpha value is -3.46. The lowest BCUT2D eigenvalue weighted by molar-refractivity contribution is -0.0541. The van der Waals surface area contributed by atoms with Gasteiger partial charge in [-0.3, -0.25) is 0 Å². The number of hydrogen-bond donors (Lipinski definition) is 1. The smallest absolute Gasteiger partial charge is 0.281 e. The largest absolute Gasteiger partial charge is 0.479 e. The molecule has 11 nitrogen and oxygen atoms in total. The third kappa shape index (κ3) is 4.32. The summed E-state index contributed by atoms with van der Waals surface area (Å²) in [4.78, 5) is 4.25. The SMILES string of the molecule is [2H]c1cc(-c2ccc3nnn(CCF)c3c2)c2c(OC)nc(N[C@@H]3CCN(S(C)(=O)=O)CC3(F)F)nn12. The van der Waals surface area contributed by atoms with Gasteiger partial charge in [-0.15, -0.1) is 10.2 Å².